The van der Waals surface area contributed by atoms with Crippen molar-refractivity contribution in [3.8, 4) is 11.5 Å². The fraction of sp³-hybridized carbons (Fsp3) is 0.318. The molecule has 0 N–H and O–H groups in total. The Labute approximate surface area is 184 Å². The number of fused-ring (bicyclic) bond motifs is 3. The highest BCUT2D eigenvalue weighted by Crippen LogP contribution is 2.36. The minimum Gasteiger partial charge on any atom is -0.450 e. The van der Waals surface area contributed by atoms with Crippen molar-refractivity contribution < 1.29 is 22.5 Å². The van der Waals surface area contributed by atoms with E-state index in [-0.39, 0.29) is 35.1 Å². The van der Waals surface area contributed by atoms with Crippen LogP contribution in [0.1, 0.15) is 31.4 Å². The van der Waals surface area contributed by atoms with Gasteiger partial charge in [0.1, 0.15) is 11.3 Å². The SMILES string of the molecule is CCN(CC)S(=O)(=O)c1ccc(Oc2ccc3c4c(c(=O)oc3c2)CCC4)c([N+](=O)[O-])c1. The van der Waals surface area contributed by atoms with Crippen LogP contribution in [-0.2, 0) is 22.9 Å². The normalized spacial score (nSPS) is 13.5. The second-order valence-corrected chi connectivity index (χ2v) is 9.37. The standard InChI is InChI=1S/C22H22N2O7S/c1-3-23(4-2)32(28,29)15-9-11-20(19(13-15)24(26)27)30-14-8-10-17-16-6-5-7-18(16)22(25)31-21(17)12-14/h8-13H,3-7H2,1-2H3. The maximum Gasteiger partial charge on any atom is 0.339 e. The summed E-state index contributed by atoms with van der Waals surface area (Å²) in [5.74, 6) is 0.123. The van der Waals surface area contributed by atoms with Crippen LogP contribution in [0.5, 0.6) is 11.5 Å². The predicted molar refractivity (Wildman–Crippen MR) is 118 cm³/mol. The van der Waals surface area contributed by atoms with E-state index in [1.165, 1.54) is 22.5 Å². The number of rotatable bonds is 7. The molecular formula is C22H22N2O7S. The quantitative estimate of drug-likeness (QED) is 0.298. The van der Waals surface area contributed by atoms with Crippen molar-refractivity contribution in [2.45, 2.75) is 38.0 Å². The van der Waals surface area contributed by atoms with Crippen molar-refractivity contribution >= 4 is 26.7 Å². The number of benzene rings is 2. The summed E-state index contributed by atoms with van der Waals surface area (Å²) in [6.45, 7) is 3.88. The lowest BCUT2D eigenvalue weighted by Gasteiger charge is -2.18. The van der Waals surface area contributed by atoms with Crippen LogP contribution in [-0.4, -0.2) is 30.7 Å². The summed E-state index contributed by atoms with van der Waals surface area (Å²) >= 11 is 0. The maximum absolute atomic E-state index is 12.7. The molecule has 168 valence electrons. The van der Waals surface area contributed by atoms with Gasteiger partial charge in [-0.2, -0.15) is 4.31 Å². The molecule has 3 aromatic rings. The minimum absolute atomic E-state index is 0.114. The predicted octanol–water partition coefficient (Wildman–Crippen LogP) is 4.01. The van der Waals surface area contributed by atoms with Gasteiger partial charge in [-0.3, -0.25) is 10.1 Å². The van der Waals surface area contributed by atoms with Gasteiger partial charge in [-0.05, 0) is 49.1 Å². The van der Waals surface area contributed by atoms with Crippen LogP contribution in [0.15, 0.2) is 50.5 Å². The Kier molecular flexibility index (Phi) is 5.74. The van der Waals surface area contributed by atoms with E-state index in [4.69, 9.17) is 9.15 Å². The molecular weight excluding hydrogens is 436 g/mol. The first-order valence-corrected chi connectivity index (χ1v) is 11.7. The average molecular weight is 458 g/mol. The van der Waals surface area contributed by atoms with Gasteiger partial charge in [-0.25, -0.2) is 13.2 Å². The second kappa shape index (κ2) is 8.36. The second-order valence-electron chi connectivity index (χ2n) is 7.44. The molecule has 9 nitrogen and oxygen atoms in total. The first kappa shape index (κ1) is 22.0. The van der Waals surface area contributed by atoms with Gasteiger partial charge < -0.3 is 9.15 Å². The van der Waals surface area contributed by atoms with E-state index in [2.05, 4.69) is 0 Å². The van der Waals surface area contributed by atoms with E-state index in [1.807, 2.05) is 0 Å². The van der Waals surface area contributed by atoms with Crippen molar-refractivity contribution in [2.75, 3.05) is 13.1 Å². The molecule has 0 amide bonds. The van der Waals surface area contributed by atoms with Crippen molar-refractivity contribution in [3.05, 3.63) is 68.1 Å². The lowest BCUT2D eigenvalue weighted by Crippen LogP contribution is -2.30. The van der Waals surface area contributed by atoms with E-state index in [9.17, 15) is 23.3 Å². The smallest absolute Gasteiger partial charge is 0.339 e. The number of hydrogen-bond donors (Lipinski definition) is 0. The highest BCUT2D eigenvalue weighted by molar-refractivity contribution is 7.89. The van der Waals surface area contributed by atoms with Crippen LogP contribution >= 0.6 is 0 Å². The third kappa shape index (κ3) is 3.76. The monoisotopic (exact) mass is 458 g/mol. The van der Waals surface area contributed by atoms with Gasteiger partial charge in [0.2, 0.25) is 15.8 Å². The molecule has 32 heavy (non-hydrogen) atoms. The first-order valence-electron chi connectivity index (χ1n) is 10.3. The molecule has 0 unspecified atom stereocenters. The number of ether oxygens (including phenoxy) is 1. The summed E-state index contributed by atoms with van der Waals surface area (Å²) in [6.07, 6.45) is 2.39. The molecule has 0 radical (unpaired) electrons. The van der Waals surface area contributed by atoms with Crippen molar-refractivity contribution in [3.63, 3.8) is 0 Å². The number of nitrogens with zero attached hydrogens (tertiary/aromatic N) is 2. The lowest BCUT2D eigenvalue weighted by atomic mass is 10.1. The zero-order valence-electron chi connectivity index (χ0n) is 17.7. The van der Waals surface area contributed by atoms with Crippen LogP contribution < -0.4 is 10.4 Å². The summed E-state index contributed by atoms with van der Waals surface area (Å²) in [6, 6.07) is 8.46. The summed E-state index contributed by atoms with van der Waals surface area (Å²) < 4.78 is 37.8. The number of aryl methyl sites for hydroxylation is 1. The Morgan fingerprint density at radius 2 is 1.81 bits per heavy atom. The van der Waals surface area contributed by atoms with Gasteiger partial charge in [-0.15, -0.1) is 0 Å². The summed E-state index contributed by atoms with van der Waals surface area (Å²) in [5, 5.41) is 12.5. The summed E-state index contributed by atoms with van der Waals surface area (Å²) in [4.78, 5) is 23.0. The van der Waals surface area contributed by atoms with Crippen molar-refractivity contribution in [1.82, 2.24) is 4.31 Å². The number of hydrogen-bond acceptors (Lipinski definition) is 7. The molecule has 1 heterocycles. The van der Waals surface area contributed by atoms with E-state index in [0.29, 0.717) is 17.6 Å². The van der Waals surface area contributed by atoms with Gasteiger partial charge in [0.25, 0.3) is 0 Å². The molecule has 0 saturated carbocycles. The molecule has 0 aliphatic heterocycles. The van der Waals surface area contributed by atoms with Gasteiger partial charge >= 0.3 is 11.3 Å². The van der Waals surface area contributed by atoms with Gasteiger partial charge in [0.15, 0.2) is 0 Å². The van der Waals surface area contributed by atoms with Crippen molar-refractivity contribution in [1.29, 1.82) is 0 Å². The topological polar surface area (TPSA) is 120 Å². The molecule has 2 aromatic carbocycles. The van der Waals surface area contributed by atoms with Crippen LogP contribution in [0.2, 0.25) is 0 Å². The zero-order chi connectivity index (χ0) is 23.0. The molecule has 0 fully saturated rings. The Morgan fingerprint density at radius 3 is 2.50 bits per heavy atom. The molecule has 1 aromatic heterocycles. The molecule has 1 aliphatic rings. The Hall–Kier alpha value is -3.24. The van der Waals surface area contributed by atoms with E-state index >= 15 is 0 Å². The number of nitro groups is 1. The highest BCUT2D eigenvalue weighted by Gasteiger charge is 2.27. The molecule has 0 atom stereocenters. The fourth-order valence-corrected chi connectivity index (χ4v) is 5.53. The Balaban J connectivity index is 1.73. The molecule has 0 saturated heterocycles. The van der Waals surface area contributed by atoms with Gasteiger partial charge in [0, 0.05) is 36.2 Å². The summed E-state index contributed by atoms with van der Waals surface area (Å²) in [5.41, 5.74) is 1.16. The molecule has 0 spiro atoms. The average Bonchev–Trinajstić information content (AvgIpc) is 3.25. The number of sulfonamides is 1. The van der Waals surface area contributed by atoms with Crippen molar-refractivity contribution in [2.24, 2.45) is 0 Å². The molecule has 1 aliphatic carbocycles. The largest absolute Gasteiger partial charge is 0.450 e. The van der Waals surface area contributed by atoms with E-state index in [0.717, 1.165) is 29.9 Å². The molecule has 4 rings (SSSR count). The number of nitro benzene ring substituents is 1. The Bertz CT molecular complexity index is 1380. The van der Waals surface area contributed by atoms with E-state index in [1.54, 1.807) is 26.0 Å². The lowest BCUT2D eigenvalue weighted by molar-refractivity contribution is -0.385. The third-order valence-corrected chi connectivity index (χ3v) is 7.69. The van der Waals surface area contributed by atoms with Crippen LogP contribution in [0, 0.1) is 10.1 Å². The van der Waals surface area contributed by atoms with Gasteiger partial charge in [-0.1, -0.05) is 13.8 Å². The van der Waals surface area contributed by atoms with Gasteiger partial charge in [0.05, 0.1) is 9.82 Å². The van der Waals surface area contributed by atoms with Crippen LogP contribution in [0.3, 0.4) is 0 Å². The van der Waals surface area contributed by atoms with E-state index < -0.39 is 20.6 Å². The molecule has 10 heteroatoms. The molecule has 0 bridgehead atoms. The fourth-order valence-electron chi connectivity index (χ4n) is 4.05. The Morgan fingerprint density at radius 1 is 1.09 bits per heavy atom. The van der Waals surface area contributed by atoms with Crippen LogP contribution in [0.25, 0.3) is 11.0 Å². The highest BCUT2D eigenvalue weighted by atomic mass is 32.2. The van der Waals surface area contributed by atoms with Crippen LogP contribution in [0.4, 0.5) is 5.69 Å². The zero-order valence-corrected chi connectivity index (χ0v) is 18.5. The minimum atomic E-state index is -3.86. The summed E-state index contributed by atoms with van der Waals surface area (Å²) in [7, 11) is -3.86. The maximum atomic E-state index is 12.7. The first-order chi connectivity index (χ1) is 15.3. The third-order valence-electron chi connectivity index (χ3n) is 5.64.